The van der Waals surface area contributed by atoms with E-state index in [4.69, 9.17) is 5.11 Å². The molecule has 2 heterocycles. The summed E-state index contributed by atoms with van der Waals surface area (Å²) >= 11 is 0. The van der Waals surface area contributed by atoms with Crippen molar-refractivity contribution in [1.29, 1.82) is 0 Å². The molecular weight excluding hydrogens is 254 g/mol. The Morgan fingerprint density at radius 2 is 2.20 bits per heavy atom. The van der Waals surface area contributed by atoms with Crippen molar-refractivity contribution in [2.24, 2.45) is 0 Å². The van der Waals surface area contributed by atoms with Crippen molar-refractivity contribution in [3.8, 4) is 11.8 Å². The van der Waals surface area contributed by atoms with Gasteiger partial charge in [-0.1, -0.05) is 17.9 Å². The summed E-state index contributed by atoms with van der Waals surface area (Å²) in [6.07, 6.45) is 1.52. The number of aromatic nitrogens is 2. The molecule has 0 unspecified atom stereocenters. The van der Waals surface area contributed by atoms with Crippen LogP contribution in [-0.4, -0.2) is 27.6 Å². The van der Waals surface area contributed by atoms with Crippen LogP contribution in [0.2, 0.25) is 0 Å². The van der Waals surface area contributed by atoms with Crippen molar-refractivity contribution in [2.45, 2.75) is 6.92 Å². The quantitative estimate of drug-likeness (QED) is 0.806. The number of nitrogens with one attached hydrogen (secondary N) is 1. The third kappa shape index (κ3) is 3.40. The first kappa shape index (κ1) is 13.7. The van der Waals surface area contributed by atoms with Crippen molar-refractivity contribution in [3.63, 3.8) is 0 Å². The third-order valence-electron chi connectivity index (χ3n) is 2.45. The lowest BCUT2D eigenvalue weighted by atomic mass is 10.2. The lowest BCUT2D eigenvalue weighted by Crippen LogP contribution is -2.16. The Balaban J connectivity index is 2.25. The molecule has 2 aromatic heterocycles. The van der Waals surface area contributed by atoms with Gasteiger partial charge >= 0.3 is 0 Å². The van der Waals surface area contributed by atoms with Crippen LogP contribution in [-0.2, 0) is 0 Å². The Labute approximate surface area is 116 Å². The predicted molar refractivity (Wildman–Crippen MR) is 75.1 cm³/mol. The molecule has 2 aromatic rings. The van der Waals surface area contributed by atoms with Crippen LogP contribution in [0.3, 0.4) is 0 Å². The van der Waals surface area contributed by atoms with Gasteiger partial charge in [0.15, 0.2) is 0 Å². The molecule has 0 bridgehead atoms. The summed E-state index contributed by atoms with van der Waals surface area (Å²) < 4.78 is 0. The van der Waals surface area contributed by atoms with Gasteiger partial charge in [-0.15, -0.1) is 0 Å². The largest absolute Gasteiger partial charge is 0.384 e. The number of amides is 1. The normalized spacial score (nSPS) is 9.50. The van der Waals surface area contributed by atoms with E-state index < -0.39 is 0 Å². The molecule has 0 aliphatic rings. The molecule has 20 heavy (non-hydrogen) atoms. The summed E-state index contributed by atoms with van der Waals surface area (Å²) in [5.74, 6) is 5.28. The highest BCUT2D eigenvalue weighted by atomic mass is 16.2. The summed E-state index contributed by atoms with van der Waals surface area (Å²) in [5, 5.41) is 11.4. The zero-order valence-corrected chi connectivity index (χ0v) is 10.9. The fourth-order valence-corrected chi connectivity index (χ4v) is 1.61. The molecule has 2 rings (SSSR count). The molecule has 0 aromatic carbocycles. The van der Waals surface area contributed by atoms with E-state index in [1.807, 2.05) is 19.1 Å². The van der Waals surface area contributed by atoms with E-state index in [1.54, 1.807) is 18.2 Å². The summed E-state index contributed by atoms with van der Waals surface area (Å²) in [5.41, 5.74) is 1.48. The van der Waals surface area contributed by atoms with Crippen LogP contribution < -0.4 is 5.32 Å². The summed E-state index contributed by atoms with van der Waals surface area (Å²) in [6.45, 7) is 1.57. The maximum Gasteiger partial charge on any atom is 0.276 e. The van der Waals surface area contributed by atoms with Gasteiger partial charge in [-0.3, -0.25) is 4.79 Å². The van der Waals surface area contributed by atoms with Crippen LogP contribution in [0.15, 0.2) is 36.5 Å². The SMILES string of the molecule is Cc1cccc(NC(=O)c2ncccc2C#CCO)n1. The second-order valence-corrected chi connectivity index (χ2v) is 3.98. The number of aliphatic hydroxyl groups excluding tert-OH is 1. The molecule has 0 aliphatic carbocycles. The molecule has 0 saturated carbocycles. The number of rotatable bonds is 2. The van der Waals surface area contributed by atoms with E-state index >= 15 is 0 Å². The molecule has 5 heteroatoms. The van der Waals surface area contributed by atoms with Crippen molar-refractivity contribution in [2.75, 3.05) is 11.9 Å². The first-order valence-electron chi connectivity index (χ1n) is 6.00. The van der Waals surface area contributed by atoms with Crippen LogP contribution >= 0.6 is 0 Å². The summed E-state index contributed by atoms with van der Waals surface area (Å²) in [7, 11) is 0. The van der Waals surface area contributed by atoms with E-state index in [0.717, 1.165) is 5.69 Å². The molecule has 1 amide bonds. The van der Waals surface area contributed by atoms with Gasteiger partial charge in [0.2, 0.25) is 0 Å². The van der Waals surface area contributed by atoms with Crippen molar-refractivity contribution >= 4 is 11.7 Å². The lowest BCUT2D eigenvalue weighted by Gasteiger charge is -2.05. The smallest absolute Gasteiger partial charge is 0.276 e. The van der Waals surface area contributed by atoms with Gasteiger partial charge in [0.25, 0.3) is 5.91 Å². The Morgan fingerprint density at radius 3 is 2.95 bits per heavy atom. The van der Waals surface area contributed by atoms with Gasteiger partial charge < -0.3 is 10.4 Å². The Kier molecular flexibility index (Phi) is 4.43. The number of aliphatic hydroxyl groups is 1. The highest BCUT2D eigenvalue weighted by Crippen LogP contribution is 2.09. The Bertz CT molecular complexity index is 687. The maximum absolute atomic E-state index is 12.2. The number of carbonyl (C=O) groups excluding carboxylic acids is 1. The monoisotopic (exact) mass is 267 g/mol. The number of anilines is 1. The number of aryl methyl sites for hydroxylation is 1. The minimum Gasteiger partial charge on any atom is -0.384 e. The van der Waals surface area contributed by atoms with Gasteiger partial charge in [-0.2, -0.15) is 0 Å². The molecule has 0 fully saturated rings. The molecule has 0 aliphatic heterocycles. The highest BCUT2D eigenvalue weighted by molar-refractivity contribution is 6.04. The summed E-state index contributed by atoms with van der Waals surface area (Å²) in [6, 6.07) is 8.71. The van der Waals surface area contributed by atoms with E-state index in [-0.39, 0.29) is 18.2 Å². The molecule has 0 spiro atoms. The van der Waals surface area contributed by atoms with Crippen molar-refractivity contribution < 1.29 is 9.90 Å². The molecule has 0 radical (unpaired) electrons. The van der Waals surface area contributed by atoms with E-state index in [9.17, 15) is 4.79 Å². The van der Waals surface area contributed by atoms with E-state index in [2.05, 4.69) is 27.1 Å². The maximum atomic E-state index is 12.2. The van der Waals surface area contributed by atoms with Crippen molar-refractivity contribution in [1.82, 2.24) is 9.97 Å². The molecule has 100 valence electrons. The topological polar surface area (TPSA) is 75.1 Å². The number of carbonyl (C=O) groups is 1. The highest BCUT2D eigenvalue weighted by Gasteiger charge is 2.12. The van der Waals surface area contributed by atoms with Crippen molar-refractivity contribution in [3.05, 3.63) is 53.5 Å². The zero-order valence-electron chi connectivity index (χ0n) is 10.9. The molecule has 5 nitrogen and oxygen atoms in total. The van der Waals surface area contributed by atoms with Crippen LogP contribution in [0.1, 0.15) is 21.7 Å². The van der Waals surface area contributed by atoms with Gasteiger partial charge in [0.1, 0.15) is 18.1 Å². The number of nitrogens with zero attached hydrogens (tertiary/aromatic N) is 2. The number of hydrogen-bond donors (Lipinski definition) is 2. The average Bonchev–Trinajstić information content (AvgIpc) is 2.45. The molecule has 2 N–H and O–H groups in total. The van der Waals surface area contributed by atoms with Gasteiger partial charge in [-0.25, -0.2) is 9.97 Å². The first-order valence-corrected chi connectivity index (χ1v) is 6.00. The Morgan fingerprint density at radius 1 is 1.35 bits per heavy atom. The van der Waals surface area contributed by atoms with Crippen LogP contribution in [0.5, 0.6) is 0 Å². The number of pyridine rings is 2. The second kappa shape index (κ2) is 6.45. The van der Waals surface area contributed by atoms with Crippen LogP contribution in [0.4, 0.5) is 5.82 Å². The first-order chi connectivity index (χ1) is 9.70. The molecular formula is C15H13N3O2. The third-order valence-corrected chi connectivity index (χ3v) is 2.45. The minimum atomic E-state index is -0.383. The minimum absolute atomic E-state index is 0.205. The number of hydrogen-bond acceptors (Lipinski definition) is 4. The predicted octanol–water partition coefficient (Wildman–Crippen LogP) is 1.38. The fraction of sp³-hybridized carbons (Fsp3) is 0.133. The lowest BCUT2D eigenvalue weighted by molar-refractivity contribution is 0.102. The fourth-order valence-electron chi connectivity index (χ4n) is 1.61. The molecule has 0 saturated heterocycles. The standard InChI is InChI=1S/C15H13N3O2/c1-11-5-2-8-13(17-11)18-15(20)14-12(7-4-10-19)6-3-9-16-14/h2-3,5-6,8-9,19H,10H2,1H3,(H,17,18,20). The second-order valence-electron chi connectivity index (χ2n) is 3.98. The van der Waals surface area contributed by atoms with Crippen LogP contribution in [0, 0.1) is 18.8 Å². The van der Waals surface area contributed by atoms with Gasteiger partial charge in [-0.05, 0) is 31.2 Å². The molecule has 0 atom stereocenters. The van der Waals surface area contributed by atoms with Gasteiger partial charge in [0.05, 0.1) is 5.56 Å². The van der Waals surface area contributed by atoms with Crippen LogP contribution in [0.25, 0.3) is 0 Å². The zero-order chi connectivity index (χ0) is 14.4. The average molecular weight is 267 g/mol. The van der Waals surface area contributed by atoms with Gasteiger partial charge in [0, 0.05) is 11.9 Å². The summed E-state index contributed by atoms with van der Waals surface area (Å²) in [4.78, 5) is 20.4. The van der Waals surface area contributed by atoms with E-state index in [1.165, 1.54) is 6.20 Å². The van der Waals surface area contributed by atoms with E-state index in [0.29, 0.717) is 11.4 Å². The Hall–Kier alpha value is -2.71.